The molecular weight excluding hydrogens is 270 g/mol. The Kier molecular flexibility index (Phi) is 5.85. The summed E-state index contributed by atoms with van der Waals surface area (Å²) in [4.78, 5) is 23.9. The summed E-state index contributed by atoms with van der Waals surface area (Å²) < 4.78 is 0. The molecule has 1 aliphatic heterocycles. The number of carbonyl (C=O) groups excluding carboxylic acids is 1. The Morgan fingerprint density at radius 1 is 1.14 bits per heavy atom. The van der Waals surface area contributed by atoms with E-state index in [0.29, 0.717) is 13.1 Å². The minimum atomic E-state index is -0.808. The van der Waals surface area contributed by atoms with Crippen LogP contribution in [0.5, 0.6) is 0 Å². The van der Waals surface area contributed by atoms with Crippen molar-refractivity contribution in [2.45, 2.75) is 51.0 Å². The molecule has 1 saturated carbocycles. The maximum absolute atomic E-state index is 11.4. The number of rotatable bonds is 5. The van der Waals surface area contributed by atoms with E-state index in [0.717, 1.165) is 18.9 Å². The quantitative estimate of drug-likeness (QED) is 0.714. The molecule has 0 aromatic carbocycles. The molecule has 120 valence electrons. The first-order valence-corrected chi connectivity index (χ1v) is 8.04. The van der Waals surface area contributed by atoms with Crippen LogP contribution in [-0.2, 0) is 4.79 Å². The number of aliphatic carboxylic acids is 1. The van der Waals surface area contributed by atoms with Gasteiger partial charge in [-0.05, 0) is 37.6 Å². The van der Waals surface area contributed by atoms with Crippen LogP contribution in [0.2, 0.25) is 0 Å². The van der Waals surface area contributed by atoms with Gasteiger partial charge in [-0.15, -0.1) is 0 Å². The number of nitrogens with two attached hydrogens (primary N) is 1. The third kappa shape index (κ3) is 5.19. The normalized spacial score (nSPS) is 27.5. The molecule has 6 nitrogen and oxygen atoms in total. The number of amides is 2. The molecule has 2 unspecified atom stereocenters. The largest absolute Gasteiger partial charge is 0.481 e. The van der Waals surface area contributed by atoms with Gasteiger partial charge in [-0.3, -0.25) is 4.79 Å². The summed E-state index contributed by atoms with van der Waals surface area (Å²) in [5.74, 6) is -0.0921. The van der Waals surface area contributed by atoms with Crippen molar-refractivity contribution < 1.29 is 14.7 Å². The zero-order valence-corrected chi connectivity index (χ0v) is 12.6. The predicted octanol–water partition coefficient (Wildman–Crippen LogP) is 1.40. The highest BCUT2D eigenvalue weighted by atomic mass is 16.4. The number of likely N-dealkylation sites (tertiary alicyclic amines) is 1. The minimum Gasteiger partial charge on any atom is -0.481 e. The first kappa shape index (κ1) is 16.1. The fourth-order valence-corrected chi connectivity index (χ4v) is 3.65. The summed E-state index contributed by atoms with van der Waals surface area (Å²) in [6, 6.07) is -0.285. The Morgan fingerprint density at radius 2 is 1.86 bits per heavy atom. The standard InChI is InChI=1S/C15H27N3O3/c16-15(21)18-9-12(7-14(19)20)6-13(10-18)17-8-11-4-2-1-3-5-11/h11-13,17H,1-10H2,(H2,16,21)(H,19,20). The van der Waals surface area contributed by atoms with Crippen molar-refractivity contribution in [1.82, 2.24) is 10.2 Å². The van der Waals surface area contributed by atoms with Crippen LogP contribution in [0, 0.1) is 11.8 Å². The molecule has 2 rings (SSSR count). The molecule has 4 N–H and O–H groups in total. The van der Waals surface area contributed by atoms with Crippen molar-refractivity contribution in [2.24, 2.45) is 17.6 Å². The number of primary amides is 1. The number of carbonyl (C=O) groups is 2. The first-order chi connectivity index (χ1) is 10.0. The molecule has 1 saturated heterocycles. The number of nitrogens with one attached hydrogen (secondary N) is 1. The molecule has 2 atom stereocenters. The molecule has 0 aromatic heterocycles. The SMILES string of the molecule is NC(=O)N1CC(CC(=O)O)CC(NCC2CCCCC2)C1. The van der Waals surface area contributed by atoms with Gasteiger partial charge in [-0.25, -0.2) is 4.79 Å². The van der Waals surface area contributed by atoms with Crippen molar-refractivity contribution >= 4 is 12.0 Å². The van der Waals surface area contributed by atoms with Gasteiger partial charge in [0.15, 0.2) is 0 Å². The topological polar surface area (TPSA) is 95.7 Å². The maximum Gasteiger partial charge on any atom is 0.314 e. The average Bonchev–Trinajstić information content (AvgIpc) is 2.45. The Balaban J connectivity index is 1.84. The van der Waals surface area contributed by atoms with E-state index >= 15 is 0 Å². The molecule has 1 aliphatic carbocycles. The minimum absolute atomic E-state index is 0.00685. The third-order valence-electron chi connectivity index (χ3n) is 4.73. The zero-order valence-electron chi connectivity index (χ0n) is 12.6. The van der Waals surface area contributed by atoms with E-state index in [-0.39, 0.29) is 18.4 Å². The van der Waals surface area contributed by atoms with Crippen LogP contribution < -0.4 is 11.1 Å². The van der Waals surface area contributed by atoms with Gasteiger partial charge in [0.05, 0.1) is 0 Å². The number of piperidine rings is 1. The third-order valence-corrected chi connectivity index (χ3v) is 4.73. The van der Waals surface area contributed by atoms with Gasteiger partial charge in [0.1, 0.15) is 0 Å². The van der Waals surface area contributed by atoms with Crippen LogP contribution in [0.4, 0.5) is 4.79 Å². The van der Waals surface area contributed by atoms with Crippen LogP contribution >= 0.6 is 0 Å². The van der Waals surface area contributed by atoms with Crippen molar-refractivity contribution in [3.05, 3.63) is 0 Å². The summed E-state index contributed by atoms with van der Waals surface area (Å²) in [6.07, 6.45) is 7.43. The molecule has 1 heterocycles. The Bertz CT molecular complexity index is 369. The summed E-state index contributed by atoms with van der Waals surface area (Å²) >= 11 is 0. The van der Waals surface area contributed by atoms with E-state index in [1.54, 1.807) is 4.90 Å². The van der Waals surface area contributed by atoms with Crippen LogP contribution in [0.25, 0.3) is 0 Å². The summed E-state index contributed by atoms with van der Waals surface area (Å²) in [5, 5.41) is 12.5. The molecule has 21 heavy (non-hydrogen) atoms. The highest BCUT2D eigenvalue weighted by Gasteiger charge is 2.30. The van der Waals surface area contributed by atoms with E-state index in [9.17, 15) is 9.59 Å². The molecular formula is C15H27N3O3. The average molecular weight is 297 g/mol. The fourth-order valence-electron chi connectivity index (χ4n) is 3.65. The van der Waals surface area contributed by atoms with Crippen LogP contribution in [0.3, 0.4) is 0 Å². The Hall–Kier alpha value is -1.30. The number of urea groups is 1. The first-order valence-electron chi connectivity index (χ1n) is 8.04. The van der Waals surface area contributed by atoms with E-state index in [1.807, 2.05) is 0 Å². The summed E-state index contributed by atoms with van der Waals surface area (Å²) in [7, 11) is 0. The number of hydrogen-bond donors (Lipinski definition) is 3. The van der Waals surface area contributed by atoms with Crippen LogP contribution in [-0.4, -0.2) is 47.7 Å². The number of hydrogen-bond acceptors (Lipinski definition) is 3. The zero-order chi connectivity index (χ0) is 15.2. The lowest BCUT2D eigenvalue weighted by Gasteiger charge is -2.37. The second-order valence-corrected chi connectivity index (χ2v) is 6.55. The highest BCUT2D eigenvalue weighted by molar-refractivity contribution is 5.72. The number of nitrogens with zero attached hydrogens (tertiary/aromatic N) is 1. The van der Waals surface area contributed by atoms with Gasteiger partial charge in [0, 0.05) is 25.6 Å². The van der Waals surface area contributed by atoms with Gasteiger partial charge in [-0.1, -0.05) is 19.3 Å². The molecule has 0 aromatic rings. The van der Waals surface area contributed by atoms with Gasteiger partial charge in [0.25, 0.3) is 0 Å². The fraction of sp³-hybridized carbons (Fsp3) is 0.867. The Morgan fingerprint density at radius 3 is 2.48 bits per heavy atom. The van der Waals surface area contributed by atoms with Gasteiger partial charge < -0.3 is 21.1 Å². The lowest BCUT2D eigenvalue weighted by Crippen LogP contribution is -2.53. The second-order valence-electron chi connectivity index (χ2n) is 6.55. The summed E-state index contributed by atoms with van der Waals surface area (Å²) in [5.41, 5.74) is 5.37. The number of carboxylic acid groups (broad SMARTS) is 1. The predicted molar refractivity (Wildman–Crippen MR) is 79.9 cm³/mol. The van der Waals surface area contributed by atoms with E-state index in [4.69, 9.17) is 10.8 Å². The van der Waals surface area contributed by atoms with Crippen molar-refractivity contribution in [2.75, 3.05) is 19.6 Å². The second kappa shape index (κ2) is 7.64. The molecule has 2 fully saturated rings. The molecule has 0 bridgehead atoms. The van der Waals surface area contributed by atoms with E-state index in [2.05, 4.69) is 5.32 Å². The van der Waals surface area contributed by atoms with Crippen molar-refractivity contribution in [1.29, 1.82) is 0 Å². The number of carboxylic acids is 1. The van der Waals surface area contributed by atoms with Gasteiger partial charge in [0.2, 0.25) is 0 Å². The van der Waals surface area contributed by atoms with Crippen molar-refractivity contribution in [3.8, 4) is 0 Å². The maximum atomic E-state index is 11.4. The monoisotopic (exact) mass is 297 g/mol. The van der Waals surface area contributed by atoms with Gasteiger partial charge in [-0.2, -0.15) is 0 Å². The van der Waals surface area contributed by atoms with Crippen molar-refractivity contribution in [3.63, 3.8) is 0 Å². The Labute approximate surface area is 126 Å². The molecule has 0 radical (unpaired) electrons. The van der Waals surface area contributed by atoms with Crippen LogP contribution in [0.1, 0.15) is 44.9 Å². The van der Waals surface area contributed by atoms with E-state index < -0.39 is 12.0 Å². The smallest absolute Gasteiger partial charge is 0.314 e. The molecule has 2 aliphatic rings. The lowest BCUT2D eigenvalue weighted by molar-refractivity contribution is -0.138. The summed E-state index contributed by atoms with van der Waals surface area (Å²) in [6.45, 7) is 2.03. The molecule has 2 amide bonds. The van der Waals surface area contributed by atoms with Gasteiger partial charge >= 0.3 is 12.0 Å². The highest BCUT2D eigenvalue weighted by Crippen LogP contribution is 2.24. The van der Waals surface area contributed by atoms with Crippen LogP contribution in [0.15, 0.2) is 0 Å². The lowest BCUT2D eigenvalue weighted by atomic mass is 9.88. The molecule has 6 heteroatoms. The van der Waals surface area contributed by atoms with E-state index in [1.165, 1.54) is 32.1 Å². The molecule has 0 spiro atoms.